The van der Waals surface area contributed by atoms with E-state index >= 15 is 0 Å². The highest BCUT2D eigenvalue weighted by atomic mass is 16.5. The van der Waals surface area contributed by atoms with E-state index in [4.69, 9.17) is 4.74 Å². The summed E-state index contributed by atoms with van der Waals surface area (Å²) in [6.45, 7) is 9.36. The van der Waals surface area contributed by atoms with E-state index in [2.05, 4.69) is 39.0 Å². The fourth-order valence-corrected chi connectivity index (χ4v) is 1.66. The maximum absolute atomic E-state index is 5.72. The number of benzene rings is 1. The van der Waals surface area contributed by atoms with Gasteiger partial charge in [-0.2, -0.15) is 0 Å². The van der Waals surface area contributed by atoms with Crippen LogP contribution in [0.3, 0.4) is 0 Å². The first-order valence-electron chi connectivity index (χ1n) is 5.45. The summed E-state index contributed by atoms with van der Waals surface area (Å²) in [7, 11) is 0. The molecule has 1 aromatic carbocycles. The van der Waals surface area contributed by atoms with Crippen molar-refractivity contribution in [2.45, 2.75) is 40.0 Å². The highest BCUT2D eigenvalue weighted by molar-refractivity contribution is 5.43. The van der Waals surface area contributed by atoms with E-state index in [-0.39, 0.29) is 0 Å². The highest BCUT2D eigenvalue weighted by Gasteiger charge is 2.10. The van der Waals surface area contributed by atoms with Gasteiger partial charge in [-0.25, -0.2) is 0 Å². The molecule has 0 heterocycles. The molecule has 0 aliphatic rings. The van der Waals surface area contributed by atoms with Crippen LogP contribution in [-0.2, 0) is 6.42 Å². The summed E-state index contributed by atoms with van der Waals surface area (Å²) >= 11 is 0. The van der Waals surface area contributed by atoms with Crippen LogP contribution in [0.4, 0.5) is 0 Å². The predicted octanol–water partition coefficient (Wildman–Crippen LogP) is 3.77. The third kappa shape index (κ3) is 2.28. The number of rotatable bonds is 4. The molecule has 78 valence electrons. The Labute approximate surface area is 87.1 Å². The first-order chi connectivity index (χ1) is 6.70. The van der Waals surface area contributed by atoms with Crippen molar-refractivity contribution in [3.63, 3.8) is 0 Å². The van der Waals surface area contributed by atoms with Crippen molar-refractivity contribution in [1.82, 2.24) is 0 Å². The van der Waals surface area contributed by atoms with E-state index in [1.165, 1.54) is 11.1 Å². The van der Waals surface area contributed by atoms with Gasteiger partial charge in [0.15, 0.2) is 0 Å². The molecule has 1 rings (SSSR count). The van der Waals surface area contributed by atoms with Gasteiger partial charge in [0, 0.05) is 0 Å². The molecule has 0 N–H and O–H groups in total. The molecule has 14 heavy (non-hydrogen) atoms. The smallest absolute Gasteiger partial charge is 0.125 e. The molecule has 0 unspecified atom stereocenters. The minimum atomic E-state index is 0.531. The summed E-state index contributed by atoms with van der Waals surface area (Å²) in [5, 5.41) is 0. The van der Waals surface area contributed by atoms with Gasteiger partial charge in [-0.15, -0.1) is 0 Å². The van der Waals surface area contributed by atoms with Crippen LogP contribution >= 0.6 is 0 Å². The zero-order valence-corrected chi connectivity index (χ0v) is 9.63. The van der Waals surface area contributed by atoms with Crippen molar-refractivity contribution in [3.8, 4) is 5.75 Å². The monoisotopic (exact) mass is 192 g/mol. The third-order valence-corrected chi connectivity index (χ3v) is 2.42. The van der Waals surface area contributed by atoms with Gasteiger partial charge in [-0.3, -0.25) is 0 Å². The zero-order chi connectivity index (χ0) is 10.6. The van der Waals surface area contributed by atoms with Crippen molar-refractivity contribution >= 4 is 0 Å². The van der Waals surface area contributed by atoms with Crippen LogP contribution in [0.15, 0.2) is 18.2 Å². The Morgan fingerprint density at radius 3 is 2.43 bits per heavy atom. The van der Waals surface area contributed by atoms with Gasteiger partial charge in [-0.05, 0) is 30.4 Å². The Bertz CT molecular complexity index is 289. The molecule has 1 aromatic rings. The molecule has 0 atom stereocenters. The second-order valence-electron chi connectivity index (χ2n) is 3.78. The molecule has 0 aliphatic heterocycles. The van der Waals surface area contributed by atoms with Crippen LogP contribution < -0.4 is 4.74 Å². The number of ether oxygens (including phenoxy) is 1. The summed E-state index contributed by atoms with van der Waals surface area (Å²) in [5.74, 6) is 1.63. The molecule has 0 aliphatic carbocycles. The van der Waals surface area contributed by atoms with Crippen molar-refractivity contribution in [2.75, 3.05) is 6.61 Å². The molecule has 0 bridgehead atoms. The van der Waals surface area contributed by atoms with Gasteiger partial charge in [0.1, 0.15) is 5.75 Å². The average Bonchev–Trinajstić information content (AvgIpc) is 2.18. The number of hydrogen-bond donors (Lipinski definition) is 0. The lowest BCUT2D eigenvalue weighted by Crippen LogP contribution is -2.01. The van der Waals surface area contributed by atoms with E-state index in [9.17, 15) is 0 Å². The molecule has 0 saturated carbocycles. The van der Waals surface area contributed by atoms with E-state index in [1.807, 2.05) is 6.92 Å². The Morgan fingerprint density at radius 2 is 1.93 bits per heavy atom. The fraction of sp³-hybridized carbons (Fsp3) is 0.538. The molecule has 0 aromatic heterocycles. The number of hydrogen-bond acceptors (Lipinski definition) is 1. The van der Waals surface area contributed by atoms with Gasteiger partial charge in [0.2, 0.25) is 0 Å². The minimum Gasteiger partial charge on any atom is -0.493 e. The number of aryl methyl sites for hydroxylation is 1. The van der Waals surface area contributed by atoms with Crippen molar-refractivity contribution < 1.29 is 4.74 Å². The summed E-state index contributed by atoms with van der Waals surface area (Å²) < 4.78 is 5.72. The fourth-order valence-electron chi connectivity index (χ4n) is 1.66. The second kappa shape index (κ2) is 5.04. The third-order valence-electron chi connectivity index (χ3n) is 2.42. The highest BCUT2D eigenvalue weighted by Crippen LogP contribution is 2.30. The van der Waals surface area contributed by atoms with Crippen LogP contribution in [-0.4, -0.2) is 6.61 Å². The standard InChI is InChI=1S/C13H20O/c1-5-11-8-7-9-12(10(3)4)13(11)14-6-2/h7-10H,5-6H2,1-4H3. The van der Waals surface area contributed by atoms with Crippen molar-refractivity contribution in [3.05, 3.63) is 29.3 Å². The summed E-state index contributed by atoms with van der Waals surface area (Å²) in [4.78, 5) is 0. The molecular weight excluding hydrogens is 172 g/mol. The topological polar surface area (TPSA) is 9.23 Å². The molecule has 0 saturated heterocycles. The van der Waals surface area contributed by atoms with Gasteiger partial charge in [0.25, 0.3) is 0 Å². The largest absolute Gasteiger partial charge is 0.493 e. The van der Waals surface area contributed by atoms with Gasteiger partial charge in [0.05, 0.1) is 6.61 Å². The second-order valence-corrected chi connectivity index (χ2v) is 3.78. The Kier molecular flexibility index (Phi) is 3.99. The normalized spacial score (nSPS) is 10.6. The first-order valence-corrected chi connectivity index (χ1v) is 5.45. The molecule has 1 nitrogen and oxygen atoms in total. The zero-order valence-electron chi connectivity index (χ0n) is 9.63. The molecule has 0 amide bonds. The Hall–Kier alpha value is -0.980. The molecule has 0 fully saturated rings. The molecular formula is C13H20O. The van der Waals surface area contributed by atoms with Gasteiger partial charge < -0.3 is 4.74 Å². The van der Waals surface area contributed by atoms with Gasteiger partial charge >= 0.3 is 0 Å². The van der Waals surface area contributed by atoms with Crippen LogP contribution in [0.25, 0.3) is 0 Å². The van der Waals surface area contributed by atoms with E-state index < -0.39 is 0 Å². The molecule has 1 heteroatoms. The molecule has 0 radical (unpaired) electrons. The van der Waals surface area contributed by atoms with Crippen LogP contribution in [0.2, 0.25) is 0 Å². The van der Waals surface area contributed by atoms with E-state index in [0.29, 0.717) is 5.92 Å². The Morgan fingerprint density at radius 1 is 1.21 bits per heavy atom. The van der Waals surface area contributed by atoms with E-state index in [0.717, 1.165) is 18.8 Å². The maximum atomic E-state index is 5.72. The van der Waals surface area contributed by atoms with Crippen molar-refractivity contribution in [2.24, 2.45) is 0 Å². The minimum absolute atomic E-state index is 0.531. The predicted molar refractivity (Wildman–Crippen MR) is 61.1 cm³/mol. The summed E-state index contributed by atoms with van der Waals surface area (Å²) in [6, 6.07) is 6.43. The average molecular weight is 192 g/mol. The Balaban J connectivity index is 3.13. The van der Waals surface area contributed by atoms with Crippen LogP contribution in [0, 0.1) is 0 Å². The van der Waals surface area contributed by atoms with Crippen molar-refractivity contribution in [1.29, 1.82) is 0 Å². The summed E-state index contributed by atoms with van der Waals surface area (Å²) in [5.41, 5.74) is 2.64. The van der Waals surface area contributed by atoms with E-state index in [1.54, 1.807) is 0 Å². The number of para-hydroxylation sites is 1. The molecule has 0 spiro atoms. The lowest BCUT2D eigenvalue weighted by Gasteiger charge is -2.16. The van der Waals surface area contributed by atoms with Gasteiger partial charge in [-0.1, -0.05) is 39.0 Å². The quantitative estimate of drug-likeness (QED) is 0.705. The summed E-state index contributed by atoms with van der Waals surface area (Å²) in [6.07, 6.45) is 1.04. The lowest BCUT2D eigenvalue weighted by atomic mass is 9.98. The first kappa shape index (κ1) is 11.1. The van der Waals surface area contributed by atoms with Crippen LogP contribution in [0.1, 0.15) is 44.7 Å². The SMILES string of the molecule is CCOc1c(CC)cccc1C(C)C. The maximum Gasteiger partial charge on any atom is 0.125 e. The lowest BCUT2D eigenvalue weighted by molar-refractivity contribution is 0.331. The van der Waals surface area contributed by atoms with Crippen LogP contribution in [0.5, 0.6) is 5.75 Å².